The molecule has 170 valence electrons. The molecule has 1 aliphatic heterocycles. The lowest BCUT2D eigenvalue weighted by Crippen LogP contribution is -2.29. The zero-order valence-corrected chi connectivity index (χ0v) is 19.4. The number of carbonyl (C=O) groups excluding carboxylic acids is 2. The fraction of sp³-hybridized carbons (Fsp3) is 0.200. The Kier molecular flexibility index (Phi) is 6.31. The van der Waals surface area contributed by atoms with E-state index < -0.39 is 16.9 Å². The Balaban J connectivity index is 1.85. The SMILES string of the molecule is C=CC(=O)Nc1cccc(-c2ccc(C(N)=O)c3[nH]c(C4=CCN(S(C)=O)CC4)cc23)c1C. The van der Waals surface area contributed by atoms with Crippen LogP contribution in [0.15, 0.2) is 55.1 Å². The molecule has 0 aliphatic carbocycles. The van der Waals surface area contributed by atoms with Crippen molar-refractivity contribution in [3.63, 3.8) is 0 Å². The highest BCUT2D eigenvalue weighted by molar-refractivity contribution is 7.81. The van der Waals surface area contributed by atoms with Crippen molar-refractivity contribution < 1.29 is 13.8 Å². The average Bonchev–Trinajstić information content (AvgIpc) is 3.25. The van der Waals surface area contributed by atoms with Gasteiger partial charge in [0.2, 0.25) is 5.91 Å². The Morgan fingerprint density at radius 1 is 1.24 bits per heavy atom. The van der Waals surface area contributed by atoms with Crippen LogP contribution in [0.3, 0.4) is 0 Å². The second-order valence-electron chi connectivity index (χ2n) is 7.96. The van der Waals surface area contributed by atoms with Crippen LogP contribution in [0, 0.1) is 6.92 Å². The summed E-state index contributed by atoms with van der Waals surface area (Å²) in [7, 11) is -1.01. The molecular weight excluding hydrogens is 436 g/mol. The predicted octanol–water partition coefficient (Wildman–Crippen LogP) is 3.75. The Hall–Kier alpha value is -3.49. The third-order valence-electron chi connectivity index (χ3n) is 6.01. The summed E-state index contributed by atoms with van der Waals surface area (Å²) in [5.41, 5.74) is 12.2. The number of hydrogen-bond acceptors (Lipinski definition) is 3. The summed E-state index contributed by atoms with van der Waals surface area (Å²) >= 11 is 0. The van der Waals surface area contributed by atoms with Crippen LogP contribution in [-0.4, -0.2) is 44.7 Å². The Labute approximate surface area is 194 Å². The van der Waals surface area contributed by atoms with Gasteiger partial charge in [0.25, 0.3) is 5.91 Å². The van der Waals surface area contributed by atoms with Gasteiger partial charge in [-0.2, -0.15) is 0 Å². The molecule has 0 bridgehead atoms. The van der Waals surface area contributed by atoms with Crippen LogP contribution in [0.1, 0.15) is 28.0 Å². The number of rotatable bonds is 6. The van der Waals surface area contributed by atoms with Crippen LogP contribution in [0.5, 0.6) is 0 Å². The number of aromatic nitrogens is 1. The number of fused-ring (bicyclic) bond motifs is 1. The molecule has 33 heavy (non-hydrogen) atoms. The van der Waals surface area contributed by atoms with Crippen molar-refractivity contribution in [2.24, 2.45) is 5.73 Å². The Bertz CT molecular complexity index is 1340. The van der Waals surface area contributed by atoms with Crippen LogP contribution in [0.25, 0.3) is 27.6 Å². The zero-order chi connectivity index (χ0) is 23.7. The quantitative estimate of drug-likeness (QED) is 0.486. The number of amides is 2. The van der Waals surface area contributed by atoms with Gasteiger partial charge in [-0.3, -0.25) is 9.59 Å². The Morgan fingerprint density at radius 2 is 2.03 bits per heavy atom. The van der Waals surface area contributed by atoms with Crippen molar-refractivity contribution in [2.75, 3.05) is 24.7 Å². The minimum absolute atomic E-state index is 0.278. The Morgan fingerprint density at radius 3 is 2.67 bits per heavy atom. The van der Waals surface area contributed by atoms with Gasteiger partial charge in [0.1, 0.15) is 0 Å². The smallest absolute Gasteiger partial charge is 0.250 e. The molecule has 0 spiro atoms. The lowest BCUT2D eigenvalue weighted by Gasteiger charge is -2.23. The third kappa shape index (κ3) is 4.40. The van der Waals surface area contributed by atoms with Gasteiger partial charge in [-0.25, -0.2) is 8.51 Å². The molecule has 1 aliphatic rings. The van der Waals surface area contributed by atoms with E-state index >= 15 is 0 Å². The molecule has 7 nitrogen and oxygen atoms in total. The maximum Gasteiger partial charge on any atom is 0.250 e. The van der Waals surface area contributed by atoms with Gasteiger partial charge in [0, 0.05) is 36.1 Å². The van der Waals surface area contributed by atoms with Crippen molar-refractivity contribution in [1.29, 1.82) is 0 Å². The molecule has 0 radical (unpaired) electrons. The van der Waals surface area contributed by atoms with Crippen molar-refractivity contribution in [3.05, 3.63) is 72.0 Å². The molecule has 4 N–H and O–H groups in total. The number of hydrogen-bond donors (Lipinski definition) is 3. The molecule has 1 aromatic heterocycles. The minimum atomic E-state index is -1.01. The van der Waals surface area contributed by atoms with Crippen molar-refractivity contribution in [3.8, 4) is 11.1 Å². The summed E-state index contributed by atoms with van der Waals surface area (Å²) < 4.78 is 13.7. The number of nitrogens with two attached hydrogens (primary N) is 1. The van der Waals surface area contributed by atoms with Crippen LogP contribution >= 0.6 is 0 Å². The summed E-state index contributed by atoms with van der Waals surface area (Å²) in [5, 5.41) is 3.71. The van der Waals surface area contributed by atoms with E-state index in [2.05, 4.69) is 23.0 Å². The van der Waals surface area contributed by atoms with Crippen LogP contribution in [-0.2, 0) is 15.8 Å². The summed E-state index contributed by atoms with van der Waals surface area (Å²) in [4.78, 5) is 27.4. The highest BCUT2D eigenvalue weighted by Gasteiger charge is 2.20. The largest absolute Gasteiger partial charge is 0.366 e. The molecule has 1 unspecified atom stereocenters. The minimum Gasteiger partial charge on any atom is -0.366 e. The fourth-order valence-corrected chi connectivity index (χ4v) is 4.84. The molecule has 0 saturated carbocycles. The van der Waals surface area contributed by atoms with E-state index in [9.17, 15) is 13.8 Å². The molecule has 3 aromatic rings. The molecule has 8 heteroatoms. The van der Waals surface area contributed by atoms with E-state index in [0.29, 0.717) is 29.9 Å². The number of anilines is 1. The predicted molar refractivity (Wildman–Crippen MR) is 134 cm³/mol. The van der Waals surface area contributed by atoms with Crippen LogP contribution < -0.4 is 11.1 Å². The topological polar surface area (TPSA) is 108 Å². The monoisotopic (exact) mass is 462 g/mol. The van der Waals surface area contributed by atoms with Gasteiger partial charge in [-0.1, -0.05) is 30.9 Å². The second kappa shape index (κ2) is 9.17. The van der Waals surface area contributed by atoms with E-state index in [4.69, 9.17) is 5.73 Å². The van der Waals surface area contributed by atoms with Gasteiger partial charge >= 0.3 is 0 Å². The molecule has 1 atom stereocenters. The van der Waals surface area contributed by atoms with Gasteiger partial charge in [0.05, 0.1) is 22.1 Å². The number of carbonyl (C=O) groups is 2. The number of primary amides is 1. The van der Waals surface area contributed by atoms with Crippen molar-refractivity contribution in [1.82, 2.24) is 9.29 Å². The number of aromatic amines is 1. The van der Waals surface area contributed by atoms with Crippen molar-refractivity contribution in [2.45, 2.75) is 13.3 Å². The summed E-state index contributed by atoms with van der Waals surface area (Å²) in [5.74, 6) is -0.784. The molecule has 4 rings (SSSR count). The second-order valence-corrected chi connectivity index (χ2v) is 9.32. The fourth-order valence-electron chi connectivity index (χ4n) is 4.21. The van der Waals surface area contributed by atoms with E-state index in [1.807, 2.05) is 41.6 Å². The van der Waals surface area contributed by atoms with E-state index in [0.717, 1.165) is 39.8 Å². The zero-order valence-electron chi connectivity index (χ0n) is 18.6. The number of H-pyrrole nitrogens is 1. The maximum atomic E-state index is 12.1. The maximum absolute atomic E-state index is 12.1. The highest BCUT2D eigenvalue weighted by atomic mass is 32.2. The van der Waals surface area contributed by atoms with Crippen LogP contribution in [0.4, 0.5) is 5.69 Å². The first-order valence-electron chi connectivity index (χ1n) is 10.6. The molecule has 2 heterocycles. The molecular formula is C25H26N4O3S. The van der Waals surface area contributed by atoms with E-state index in [-0.39, 0.29) is 5.91 Å². The highest BCUT2D eigenvalue weighted by Crippen LogP contribution is 2.37. The third-order valence-corrected chi connectivity index (χ3v) is 7.07. The normalized spacial score (nSPS) is 15.2. The summed E-state index contributed by atoms with van der Waals surface area (Å²) in [6.45, 7) is 6.76. The molecule has 2 aromatic carbocycles. The van der Waals surface area contributed by atoms with E-state index in [1.54, 1.807) is 12.3 Å². The first-order chi connectivity index (χ1) is 15.8. The number of nitrogens with one attached hydrogen (secondary N) is 2. The summed E-state index contributed by atoms with van der Waals surface area (Å²) in [6.07, 6.45) is 5.73. The first-order valence-corrected chi connectivity index (χ1v) is 12.1. The standard InChI is InChI=1S/C25H26N4O3S/c1-4-23(30)27-21-7-5-6-17(15(21)2)18-8-9-19(25(26)31)24-20(18)14-22(28-24)16-10-12-29(13-11-16)33(3)32/h4-10,14,28H,1,11-13H2,2-3H3,(H2,26,31)(H,27,30). The lowest BCUT2D eigenvalue weighted by molar-refractivity contribution is -0.111. The van der Waals surface area contributed by atoms with Gasteiger partial charge < -0.3 is 16.0 Å². The van der Waals surface area contributed by atoms with Gasteiger partial charge in [-0.15, -0.1) is 0 Å². The van der Waals surface area contributed by atoms with Gasteiger partial charge in [0.15, 0.2) is 0 Å². The summed E-state index contributed by atoms with van der Waals surface area (Å²) in [6, 6.07) is 11.4. The average molecular weight is 463 g/mol. The van der Waals surface area contributed by atoms with Crippen molar-refractivity contribution >= 4 is 45.0 Å². The number of nitrogens with zero attached hydrogens (tertiary/aromatic N) is 1. The number of benzene rings is 2. The van der Waals surface area contributed by atoms with Gasteiger partial charge in [-0.05, 0) is 59.9 Å². The lowest BCUT2D eigenvalue weighted by atomic mass is 9.94. The van der Waals surface area contributed by atoms with E-state index in [1.165, 1.54) is 6.08 Å². The van der Waals surface area contributed by atoms with Crippen LogP contribution in [0.2, 0.25) is 0 Å². The molecule has 2 amide bonds. The molecule has 0 saturated heterocycles. The molecule has 0 fully saturated rings. The first kappa shape index (κ1) is 22.7.